The first kappa shape index (κ1) is 58.8. The number of carboxylic acids is 1. The van der Waals surface area contributed by atoms with Crippen molar-refractivity contribution < 1.29 is 43.2 Å². The predicted octanol–water partition coefficient (Wildman–Crippen LogP) is 9.63. The molecule has 6 heterocycles. The quantitative estimate of drug-likeness (QED) is 0.0421. The normalized spacial score (nSPS) is 15.4. The average molecular weight is 1120 g/mol. The predicted molar refractivity (Wildman–Crippen MR) is 307 cm³/mol. The number of aromatic nitrogens is 10. The highest BCUT2D eigenvalue weighted by molar-refractivity contribution is 6.76. The Kier molecular flexibility index (Phi) is 16.6. The standard InChI is InChI=1S/C28H37FN6O3Si.C21H24FN5O3Si.C7H15NO/c1-27(2,37)28(10-7-11-28)32-26(36)20-16-35(17-38-12-13-39(4,5)6)25-24(20)31-21(15-30-25)23-19-9-8-18(29)14-22(19)34(3)33-23;1-26-17-9-13(22)5-6-14(17)18(25-26)16-10-23-20-19(24-16)15(21(28)29)11-27(20)12-30-7-8-31(2,3)4;1-6(2,9)7(8)4-3-5-7/h8-9,14-16,37H,7,10-13,17H2,1-6H3,(H,32,36);5-6,9-11H,7-8,12H2,1-4H3,(H,28,29);9H,3-5,8H2,1-2H3. The van der Waals surface area contributed by atoms with Crippen molar-refractivity contribution in [3.05, 3.63) is 83.9 Å². The average Bonchev–Trinajstić information content (AvgIpc) is 4.15. The zero-order valence-electron chi connectivity index (χ0n) is 47.5. The number of ether oxygens (including phenoxy) is 2. The second kappa shape index (κ2) is 22.3. The first-order valence-electron chi connectivity index (χ1n) is 26.8. The summed E-state index contributed by atoms with van der Waals surface area (Å²) in [4.78, 5) is 44.1. The smallest absolute Gasteiger partial charge is 0.339 e. The van der Waals surface area contributed by atoms with Gasteiger partial charge in [-0.1, -0.05) is 39.3 Å². The monoisotopic (exact) mass is 1120 g/mol. The minimum absolute atomic E-state index is 0.0458. The number of fused-ring (bicyclic) bond motifs is 4. The number of carbonyl (C=O) groups excluding carboxylic acids is 1. The van der Waals surface area contributed by atoms with E-state index in [4.69, 9.17) is 20.2 Å². The maximum absolute atomic E-state index is 13.9. The number of hydrogen-bond acceptors (Lipinski definition) is 13. The van der Waals surface area contributed by atoms with Crippen LogP contribution in [0.25, 0.3) is 66.9 Å². The van der Waals surface area contributed by atoms with E-state index in [0.29, 0.717) is 87.6 Å². The fourth-order valence-corrected chi connectivity index (χ4v) is 11.2. The molecule has 6 aromatic heterocycles. The zero-order valence-corrected chi connectivity index (χ0v) is 49.5. The molecule has 10 rings (SSSR count). The van der Waals surface area contributed by atoms with E-state index < -0.39 is 38.9 Å². The lowest BCUT2D eigenvalue weighted by Gasteiger charge is -2.50. The van der Waals surface area contributed by atoms with Gasteiger partial charge in [0, 0.05) is 72.2 Å². The number of carbonyl (C=O) groups is 2. The highest BCUT2D eigenvalue weighted by Gasteiger charge is 2.50. The van der Waals surface area contributed by atoms with Gasteiger partial charge in [0.2, 0.25) is 0 Å². The molecule has 0 radical (unpaired) electrons. The van der Waals surface area contributed by atoms with Crippen molar-refractivity contribution in [3.8, 4) is 22.8 Å². The van der Waals surface area contributed by atoms with Crippen molar-refractivity contribution in [1.82, 2.24) is 53.9 Å². The van der Waals surface area contributed by atoms with Crippen molar-refractivity contribution in [1.29, 1.82) is 0 Å². The molecular formula is C56H76F2N12O7Si2. The summed E-state index contributed by atoms with van der Waals surface area (Å²) < 4.78 is 45.9. The SMILES string of the molecule is CC(C)(O)C1(N)CCC1.Cn1nc(-c2cnc3c(n2)c(C(=O)NC2(C(C)(C)O)CCC2)cn3COCC[Si](C)(C)C)c2ccc(F)cc21.Cn1nc(-c2cnc3c(n2)c(C(=O)O)cn3COCC[Si](C)(C)C)c2ccc(F)cc21. The van der Waals surface area contributed by atoms with E-state index in [1.54, 1.807) is 91.0 Å². The Morgan fingerprint density at radius 3 is 1.48 bits per heavy atom. The summed E-state index contributed by atoms with van der Waals surface area (Å²) in [5.41, 5.74) is 8.35. The minimum atomic E-state index is -1.26. The maximum atomic E-state index is 13.9. The Bertz CT molecular complexity index is 3540. The largest absolute Gasteiger partial charge is 0.478 e. The van der Waals surface area contributed by atoms with Crippen LogP contribution in [0.5, 0.6) is 0 Å². The van der Waals surface area contributed by atoms with Crippen LogP contribution in [0.1, 0.15) is 86.9 Å². The van der Waals surface area contributed by atoms with Crippen LogP contribution >= 0.6 is 0 Å². The van der Waals surface area contributed by atoms with E-state index in [1.807, 2.05) is 0 Å². The van der Waals surface area contributed by atoms with Gasteiger partial charge in [-0.15, -0.1) is 0 Å². The van der Waals surface area contributed by atoms with Gasteiger partial charge in [-0.3, -0.25) is 14.2 Å². The van der Waals surface area contributed by atoms with Crippen molar-refractivity contribution in [3.63, 3.8) is 0 Å². The molecule has 79 heavy (non-hydrogen) atoms. The molecule has 0 spiro atoms. The van der Waals surface area contributed by atoms with Crippen LogP contribution < -0.4 is 11.1 Å². The van der Waals surface area contributed by atoms with E-state index in [1.165, 1.54) is 36.9 Å². The summed E-state index contributed by atoms with van der Waals surface area (Å²) in [6.45, 7) is 22.4. The van der Waals surface area contributed by atoms with Crippen LogP contribution in [0.2, 0.25) is 51.4 Å². The van der Waals surface area contributed by atoms with Gasteiger partial charge < -0.3 is 45.0 Å². The molecule has 0 atom stereocenters. The van der Waals surface area contributed by atoms with Crippen LogP contribution in [0.4, 0.5) is 8.78 Å². The van der Waals surface area contributed by atoms with Gasteiger partial charge in [-0.2, -0.15) is 10.2 Å². The third-order valence-corrected chi connectivity index (χ3v) is 18.8. The molecule has 19 nitrogen and oxygen atoms in total. The van der Waals surface area contributed by atoms with Crippen LogP contribution in [-0.2, 0) is 37.0 Å². The van der Waals surface area contributed by atoms with Crippen LogP contribution in [-0.4, -0.2) is 127 Å². The second-order valence-corrected chi connectivity index (χ2v) is 35.9. The van der Waals surface area contributed by atoms with Gasteiger partial charge in [0.25, 0.3) is 5.91 Å². The summed E-state index contributed by atoms with van der Waals surface area (Å²) in [5.74, 6) is -2.12. The second-order valence-electron chi connectivity index (χ2n) is 24.7. The molecule has 8 aromatic rings. The Balaban J connectivity index is 0.000000183. The summed E-state index contributed by atoms with van der Waals surface area (Å²) in [7, 11) is 0.990. The van der Waals surface area contributed by atoms with E-state index in [2.05, 4.69) is 69.7 Å². The number of aryl methyl sites for hydroxylation is 2. The Morgan fingerprint density at radius 2 is 1.13 bits per heavy atom. The van der Waals surface area contributed by atoms with Gasteiger partial charge in [0.05, 0.1) is 45.7 Å². The highest BCUT2D eigenvalue weighted by atomic mass is 28.3. The van der Waals surface area contributed by atoms with Crippen LogP contribution in [0, 0.1) is 11.6 Å². The van der Waals surface area contributed by atoms with E-state index in [-0.39, 0.29) is 47.6 Å². The molecule has 6 N–H and O–H groups in total. The summed E-state index contributed by atoms with van der Waals surface area (Å²) in [6, 6.07) is 10.9. The molecule has 2 saturated carbocycles. The van der Waals surface area contributed by atoms with Crippen LogP contribution in [0.15, 0.2) is 61.2 Å². The first-order chi connectivity index (χ1) is 36.9. The molecule has 1 amide bonds. The summed E-state index contributed by atoms with van der Waals surface area (Å²) >= 11 is 0. The Hall–Kier alpha value is -6.35. The molecule has 2 fully saturated rings. The number of halogens is 2. The van der Waals surface area contributed by atoms with Gasteiger partial charge in [-0.05, 0) is 115 Å². The van der Waals surface area contributed by atoms with E-state index in [0.717, 1.165) is 36.7 Å². The lowest BCUT2D eigenvalue weighted by atomic mass is 9.66. The van der Waals surface area contributed by atoms with Gasteiger partial charge in [0.15, 0.2) is 11.3 Å². The number of aromatic carboxylic acids is 1. The Labute approximate surface area is 460 Å². The van der Waals surface area contributed by atoms with Gasteiger partial charge in [0.1, 0.15) is 64.5 Å². The van der Waals surface area contributed by atoms with E-state index in [9.17, 15) is 33.7 Å². The molecule has 0 bridgehead atoms. The number of hydrogen-bond donors (Lipinski definition) is 5. The summed E-state index contributed by atoms with van der Waals surface area (Å²) in [5, 5.41) is 43.5. The third-order valence-electron chi connectivity index (χ3n) is 15.4. The maximum Gasteiger partial charge on any atom is 0.339 e. The highest BCUT2D eigenvalue weighted by Crippen LogP contribution is 2.42. The molecule has 2 aromatic carbocycles. The number of nitrogens with two attached hydrogens (primary N) is 1. The van der Waals surface area contributed by atoms with Crippen LogP contribution in [0.3, 0.4) is 0 Å². The molecule has 2 aliphatic carbocycles. The molecular weight excluding hydrogens is 1050 g/mol. The number of nitrogens with zero attached hydrogens (tertiary/aromatic N) is 10. The van der Waals surface area contributed by atoms with Crippen molar-refractivity contribution in [2.75, 3.05) is 13.2 Å². The van der Waals surface area contributed by atoms with E-state index >= 15 is 0 Å². The van der Waals surface area contributed by atoms with Crippen molar-refractivity contribution >= 4 is 72.2 Å². The number of rotatable bonds is 17. The van der Waals surface area contributed by atoms with Gasteiger partial charge in [-0.25, -0.2) is 33.5 Å². The molecule has 0 saturated heterocycles. The molecule has 0 aliphatic heterocycles. The summed E-state index contributed by atoms with van der Waals surface area (Å²) in [6.07, 6.45) is 11.8. The number of aliphatic hydroxyl groups is 2. The molecule has 0 unspecified atom stereocenters. The zero-order chi connectivity index (χ0) is 57.6. The van der Waals surface area contributed by atoms with Crippen molar-refractivity contribution in [2.24, 2.45) is 19.8 Å². The molecule has 23 heteroatoms. The molecule has 2 aliphatic rings. The number of benzene rings is 2. The topological polar surface area (TPSA) is 248 Å². The fourth-order valence-electron chi connectivity index (χ4n) is 9.65. The van der Waals surface area contributed by atoms with Gasteiger partial charge >= 0.3 is 5.97 Å². The molecule has 424 valence electrons. The number of amides is 1. The minimum Gasteiger partial charge on any atom is -0.478 e. The first-order valence-corrected chi connectivity index (χ1v) is 34.2. The fraction of sp³-hybridized carbons (Fsp3) is 0.500. The lowest BCUT2D eigenvalue weighted by molar-refractivity contribution is -0.0581. The number of carboxylic acid groups (broad SMARTS) is 1. The number of nitrogens with one attached hydrogen (secondary N) is 1. The Morgan fingerprint density at radius 1 is 0.696 bits per heavy atom. The van der Waals surface area contributed by atoms with Crippen molar-refractivity contribution in [2.45, 2.75) is 153 Å². The lowest BCUT2D eigenvalue weighted by Crippen LogP contribution is -2.65. The third kappa shape index (κ3) is 12.8.